The third kappa shape index (κ3) is 4.84. The van der Waals surface area contributed by atoms with Gasteiger partial charge in [-0.2, -0.15) is 8.78 Å². The zero-order chi connectivity index (χ0) is 23.4. The van der Waals surface area contributed by atoms with E-state index in [0.717, 1.165) is 28.9 Å². The molecule has 3 heterocycles. The molecule has 1 aromatic carbocycles. The molecular formula is C23H20F2N6O2. The Balaban J connectivity index is 1.58. The van der Waals surface area contributed by atoms with Gasteiger partial charge in [0.1, 0.15) is 0 Å². The molecule has 0 radical (unpaired) electrons. The number of aromatic nitrogens is 4. The molecule has 0 saturated carbocycles. The Bertz CT molecular complexity index is 1230. The maximum atomic E-state index is 12.7. The fraction of sp³-hybridized carbons (Fsp3) is 0.174. The second-order valence-corrected chi connectivity index (χ2v) is 7.35. The first-order valence-electron chi connectivity index (χ1n) is 9.97. The summed E-state index contributed by atoms with van der Waals surface area (Å²) in [6.07, 6.45) is 2.82. The molecule has 1 amide bonds. The van der Waals surface area contributed by atoms with E-state index in [-0.39, 0.29) is 12.4 Å². The largest absolute Gasteiger partial charge is 0.415 e. The van der Waals surface area contributed by atoms with Crippen LogP contribution in [0.2, 0.25) is 0 Å². The number of carbonyl (C=O) groups is 1. The molecular weight excluding hydrogens is 430 g/mol. The summed E-state index contributed by atoms with van der Waals surface area (Å²) in [4.78, 5) is 23.8. The number of carbonyl (C=O) groups excluding carboxylic acids is 1. The SMILES string of the molecule is CN(C)c1cc(-c2ccncc2)ccc1N(C=O)Cc1ccc(-c2nnc(C(F)F)o2)cn1. The average Bonchev–Trinajstić information content (AvgIpc) is 3.34. The molecule has 0 aliphatic heterocycles. The van der Waals surface area contributed by atoms with Crippen molar-refractivity contribution < 1.29 is 18.0 Å². The minimum atomic E-state index is -2.84. The highest BCUT2D eigenvalue weighted by molar-refractivity contribution is 5.86. The van der Waals surface area contributed by atoms with E-state index >= 15 is 0 Å². The van der Waals surface area contributed by atoms with Gasteiger partial charge in [-0.15, -0.1) is 10.2 Å². The van der Waals surface area contributed by atoms with Crippen LogP contribution in [-0.2, 0) is 11.3 Å². The topological polar surface area (TPSA) is 88.3 Å². The van der Waals surface area contributed by atoms with Crippen molar-refractivity contribution in [1.82, 2.24) is 20.2 Å². The van der Waals surface area contributed by atoms with Crippen LogP contribution in [0.4, 0.5) is 20.2 Å². The first kappa shape index (κ1) is 22.0. The number of rotatable bonds is 8. The summed E-state index contributed by atoms with van der Waals surface area (Å²) in [5.74, 6) is -0.786. The van der Waals surface area contributed by atoms with E-state index in [0.29, 0.717) is 11.3 Å². The number of alkyl halides is 2. The van der Waals surface area contributed by atoms with Gasteiger partial charge in [-0.1, -0.05) is 6.07 Å². The molecule has 10 heteroatoms. The van der Waals surface area contributed by atoms with Crippen molar-refractivity contribution in [2.24, 2.45) is 0 Å². The maximum Gasteiger partial charge on any atom is 0.314 e. The highest BCUT2D eigenvalue weighted by Crippen LogP contribution is 2.33. The van der Waals surface area contributed by atoms with Crippen LogP contribution < -0.4 is 9.80 Å². The van der Waals surface area contributed by atoms with Crippen LogP contribution in [0.5, 0.6) is 0 Å². The summed E-state index contributed by atoms with van der Waals surface area (Å²) in [7, 11) is 3.81. The maximum absolute atomic E-state index is 12.7. The molecule has 0 bridgehead atoms. The zero-order valence-corrected chi connectivity index (χ0v) is 17.9. The molecule has 0 aliphatic carbocycles. The highest BCUT2D eigenvalue weighted by Gasteiger charge is 2.18. The van der Waals surface area contributed by atoms with Gasteiger partial charge in [-0.3, -0.25) is 14.8 Å². The van der Waals surface area contributed by atoms with Gasteiger partial charge in [0, 0.05) is 32.7 Å². The molecule has 0 spiro atoms. The van der Waals surface area contributed by atoms with Gasteiger partial charge in [-0.25, -0.2) is 0 Å². The number of halogens is 2. The lowest BCUT2D eigenvalue weighted by Gasteiger charge is -2.25. The fourth-order valence-corrected chi connectivity index (χ4v) is 3.29. The summed E-state index contributed by atoms with van der Waals surface area (Å²) in [5.41, 5.74) is 4.61. The van der Waals surface area contributed by atoms with Gasteiger partial charge in [0.25, 0.3) is 5.89 Å². The Morgan fingerprint density at radius 2 is 1.73 bits per heavy atom. The summed E-state index contributed by atoms with van der Waals surface area (Å²) in [5, 5.41) is 6.93. The Kier molecular flexibility index (Phi) is 6.34. The number of nitrogens with zero attached hydrogens (tertiary/aromatic N) is 6. The molecule has 168 valence electrons. The average molecular weight is 450 g/mol. The number of hydrogen-bond donors (Lipinski definition) is 0. The third-order valence-corrected chi connectivity index (χ3v) is 4.94. The summed E-state index contributed by atoms with van der Waals surface area (Å²) < 4.78 is 30.3. The Labute approximate surface area is 188 Å². The lowest BCUT2D eigenvalue weighted by atomic mass is 10.0. The predicted octanol–water partition coefficient (Wildman–Crippen LogP) is 4.36. The van der Waals surface area contributed by atoms with E-state index in [4.69, 9.17) is 4.42 Å². The van der Waals surface area contributed by atoms with Crippen molar-refractivity contribution in [2.75, 3.05) is 23.9 Å². The number of amides is 1. The minimum Gasteiger partial charge on any atom is -0.415 e. The molecule has 3 aromatic heterocycles. The number of benzene rings is 1. The third-order valence-electron chi connectivity index (χ3n) is 4.94. The lowest BCUT2D eigenvalue weighted by Crippen LogP contribution is -2.24. The monoisotopic (exact) mass is 450 g/mol. The first-order valence-corrected chi connectivity index (χ1v) is 9.97. The van der Waals surface area contributed by atoms with Crippen LogP contribution in [0.15, 0.2) is 65.5 Å². The predicted molar refractivity (Wildman–Crippen MR) is 119 cm³/mol. The van der Waals surface area contributed by atoms with Crippen LogP contribution in [0, 0.1) is 0 Å². The molecule has 0 aliphatic rings. The fourth-order valence-electron chi connectivity index (χ4n) is 3.29. The van der Waals surface area contributed by atoms with E-state index in [9.17, 15) is 13.6 Å². The summed E-state index contributed by atoms with van der Waals surface area (Å²) in [6.45, 7) is 0.214. The molecule has 0 N–H and O–H groups in total. The standard InChI is InChI=1S/C23H20F2N6O2/c1-30(2)20-11-16(15-7-9-26-10-8-15)4-6-19(20)31(14-32)13-18-5-3-17(12-27-18)22-28-29-23(33-22)21(24)25/h3-12,14,21H,13H2,1-2H3. The van der Waals surface area contributed by atoms with Crippen LogP contribution in [0.1, 0.15) is 18.0 Å². The lowest BCUT2D eigenvalue weighted by molar-refractivity contribution is -0.107. The molecule has 4 rings (SSSR count). The van der Waals surface area contributed by atoms with Crippen molar-refractivity contribution in [3.63, 3.8) is 0 Å². The van der Waals surface area contributed by atoms with Crippen molar-refractivity contribution in [1.29, 1.82) is 0 Å². The highest BCUT2D eigenvalue weighted by atomic mass is 19.3. The van der Waals surface area contributed by atoms with E-state index in [1.165, 1.54) is 6.20 Å². The Morgan fingerprint density at radius 3 is 2.33 bits per heavy atom. The summed E-state index contributed by atoms with van der Waals surface area (Å²) in [6, 6.07) is 13.0. The van der Waals surface area contributed by atoms with E-state index < -0.39 is 12.3 Å². The molecule has 33 heavy (non-hydrogen) atoms. The van der Waals surface area contributed by atoms with E-state index in [2.05, 4.69) is 20.2 Å². The van der Waals surface area contributed by atoms with Gasteiger partial charge < -0.3 is 14.2 Å². The number of anilines is 2. The smallest absolute Gasteiger partial charge is 0.314 e. The van der Waals surface area contributed by atoms with Crippen LogP contribution >= 0.6 is 0 Å². The number of hydrogen-bond acceptors (Lipinski definition) is 7. The molecule has 4 aromatic rings. The zero-order valence-electron chi connectivity index (χ0n) is 17.9. The normalized spacial score (nSPS) is 10.9. The second kappa shape index (κ2) is 9.51. The molecule has 8 nitrogen and oxygen atoms in total. The Morgan fingerprint density at radius 1 is 0.970 bits per heavy atom. The van der Waals surface area contributed by atoms with Crippen LogP contribution in [0.25, 0.3) is 22.6 Å². The van der Waals surface area contributed by atoms with Gasteiger partial charge in [0.2, 0.25) is 12.3 Å². The van der Waals surface area contributed by atoms with Crippen LogP contribution in [-0.4, -0.2) is 40.7 Å². The van der Waals surface area contributed by atoms with Crippen molar-refractivity contribution in [3.05, 3.63) is 72.6 Å². The van der Waals surface area contributed by atoms with Gasteiger partial charge >= 0.3 is 6.43 Å². The minimum absolute atomic E-state index is 0.0433. The van der Waals surface area contributed by atoms with Crippen molar-refractivity contribution in [3.8, 4) is 22.6 Å². The van der Waals surface area contributed by atoms with Crippen LogP contribution in [0.3, 0.4) is 0 Å². The Hall–Kier alpha value is -4.21. The molecule has 0 atom stereocenters. The van der Waals surface area contributed by atoms with Crippen molar-refractivity contribution in [2.45, 2.75) is 13.0 Å². The van der Waals surface area contributed by atoms with Crippen molar-refractivity contribution >= 4 is 17.8 Å². The molecule has 0 fully saturated rings. The van der Waals surface area contributed by atoms with E-state index in [1.807, 2.05) is 49.3 Å². The quantitative estimate of drug-likeness (QED) is 0.369. The van der Waals surface area contributed by atoms with Gasteiger partial charge in [0.15, 0.2) is 0 Å². The van der Waals surface area contributed by atoms with Gasteiger partial charge in [0.05, 0.1) is 29.2 Å². The second-order valence-electron chi connectivity index (χ2n) is 7.35. The van der Waals surface area contributed by atoms with Gasteiger partial charge in [-0.05, 0) is 47.5 Å². The first-order chi connectivity index (χ1) is 16.0. The molecule has 0 saturated heterocycles. The molecule has 0 unspecified atom stereocenters. The summed E-state index contributed by atoms with van der Waals surface area (Å²) >= 11 is 0. The van der Waals surface area contributed by atoms with E-state index in [1.54, 1.807) is 29.4 Å². The number of pyridine rings is 2.